The molecule has 1 saturated carbocycles. The highest BCUT2D eigenvalue weighted by Gasteiger charge is 2.32. The maximum Gasteiger partial charge on any atom is 0.129 e. The molecule has 1 aliphatic carbocycles. The third-order valence-electron chi connectivity index (χ3n) is 3.46. The Balaban J connectivity index is 1.94. The Morgan fingerprint density at radius 3 is 2.73 bits per heavy atom. The van der Waals surface area contributed by atoms with Crippen LogP contribution in [0.2, 0.25) is 0 Å². The average molecular weight is 200 g/mol. The summed E-state index contributed by atoms with van der Waals surface area (Å²) in [5, 5.41) is 3.61. The summed E-state index contributed by atoms with van der Waals surface area (Å²) in [5.74, 6) is 0. The van der Waals surface area contributed by atoms with Gasteiger partial charge >= 0.3 is 0 Å². The van der Waals surface area contributed by atoms with Crippen molar-refractivity contribution < 1.29 is 0 Å². The monoisotopic (exact) mass is 200 g/mol. The van der Waals surface area contributed by atoms with E-state index in [1.807, 2.05) is 6.21 Å². The average Bonchev–Trinajstić information content (AvgIpc) is 2.30. The molecule has 1 N–H and O–H groups in total. The maximum absolute atomic E-state index is 4.73. The lowest BCUT2D eigenvalue weighted by molar-refractivity contribution is 0.335. The Morgan fingerprint density at radius 2 is 1.87 bits per heavy atom. The van der Waals surface area contributed by atoms with Gasteiger partial charge in [0.05, 0.1) is 0 Å². The molecule has 0 amide bonds. The second-order valence-electron chi connectivity index (χ2n) is 4.56. The second-order valence-corrected chi connectivity index (χ2v) is 4.56. The number of benzene rings is 1. The predicted octanol–water partition coefficient (Wildman–Crippen LogP) is 3.19. The van der Waals surface area contributed by atoms with Gasteiger partial charge in [0.1, 0.15) is 5.66 Å². The number of nitrogens with one attached hydrogen (secondary N) is 1. The van der Waals surface area contributed by atoms with Crippen molar-refractivity contribution >= 4 is 11.9 Å². The van der Waals surface area contributed by atoms with Crippen molar-refractivity contribution in [3.8, 4) is 0 Å². The highest BCUT2D eigenvalue weighted by molar-refractivity contribution is 5.90. The molecule has 15 heavy (non-hydrogen) atoms. The number of hydrogen-bond donors (Lipinski definition) is 1. The smallest absolute Gasteiger partial charge is 0.129 e. The lowest BCUT2D eigenvalue weighted by Crippen LogP contribution is -2.40. The molecule has 2 aliphatic rings. The van der Waals surface area contributed by atoms with Crippen LogP contribution in [0.25, 0.3) is 0 Å². The molecule has 2 nitrogen and oxygen atoms in total. The number of para-hydroxylation sites is 1. The van der Waals surface area contributed by atoms with E-state index in [-0.39, 0.29) is 5.66 Å². The van der Waals surface area contributed by atoms with Crippen molar-refractivity contribution in [3.05, 3.63) is 29.8 Å². The summed E-state index contributed by atoms with van der Waals surface area (Å²) in [4.78, 5) is 4.73. The van der Waals surface area contributed by atoms with E-state index >= 15 is 0 Å². The van der Waals surface area contributed by atoms with Gasteiger partial charge in [0, 0.05) is 17.5 Å². The van der Waals surface area contributed by atoms with Gasteiger partial charge in [-0.15, -0.1) is 0 Å². The summed E-state index contributed by atoms with van der Waals surface area (Å²) in [5.41, 5.74) is 2.48. The van der Waals surface area contributed by atoms with Gasteiger partial charge in [0.25, 0.3) is 0 Å². The van der Waals surface area contributed by atoms with E-state index < -0.39 is 0 Å². The van der Waals surface area contributed by atoms with Crippen LogP contribution in [0.1, 0.15) is 37.7 Å². The van der Waals surface area contributed by atoms with Crippen LogP contribution in [-0.4, -0.2) is 11.9 Å². The van der Waals surface area contributed by atoms with Crippen LogP contribution in [0.3, 0.4) is 0 Å². The normalized spacial score (nSPS) is 22.1. The summed E-state index contributed by atoms with van der Waals surface area (Å²) in [6.45, 7) is 0. The van der Waals surface area contributed by atoms with Crippen LogP contribution in [0.15, 0.2) is 29.3 Å². The van der Waals surface area contributed by atoms with E-state index in [0.717, 1.165) is 0 Å². The third kappa shape index (κ3) is 1.54. The Bertz CT molecular complexity index is 389. The van der Waals surface area contributed by atoms with Crippen LogP contribution in [-0.2, 0) is 0 Å². The van der Waals surface area contributed by atoms with Crippen molar-refractivity contribution in [1.29, 1.82) is 0 Å². The summed E-state index contributed by atoms with van der Waals surface area (Å²) in [6.07, 6.45) is 8.35. The number of anilines is 1. The van der Waals surface area contributed by atoms with Crippen LogP contribution in [0, 0.1) is 0 Å². The fraction of sp³-hybridized carbons (Fsp3) is 0.462. The van der Waals surface area contributed by atoms with Crippen LogP contribution >= 0.6 is 0 Å². The molecule has 1 aromatic carbocycles. The summed E-state index contributed by atoms with van der Waals surface area (Å²) >= 11 is 0. The van der Waals surface area contributed by atoms with Crippen molar-refractivity contribution in [2.24, 2.45) is 4.99 Å². The number of hydrogen-bond acceptors (Lipinski definition) is 2. The van der Waals surface area contributed by atoms with E-state index in [0.29, 0.717) is 0 Å². The Morgan fingerprint density at radius 1 is 1.07 bits per heavy atom. The zero-order valence-electron chi connectivity index (χ0n) is 8.87. The van der Waals surface area contributed by atoms with E-state index in [1.54, 1.807) is 0 Å². The van der Waals surface area contributed by atoms with Gasteiger partial charge in [0.15, 0.2) is 0 Å². The van der Waals surface area contributed by atoms with E-state index in [9.17, 15) is 0 Å². The summed E-state index contributed by atoms with van der Waals surface area (Å²) in [6, 6.07) is 8.41. The van der Waals surface area contributed by atoms with Gasteiger partial charge in [-0.1, -0.05) is 24.6 Å². The molecule has 1 fully saturated rings. The molecule has 1 spiro atoms. The molecular weight excluding hydrogens is 184 g/mol. The minimum Gasteiger partial charge on any atom is -0.361 e. The highest BCUT2D eigenvalue weighted by Crippen LogP contribution is 2.35. The molecule has 78 valence electrons. The van der Waals surface area contributed by atoms with Crippen molar-refractivity contribution in [3.63, 3.8) is 0 Å². The Kier molecular flexibility index (Phi) is 2.01. The first-order valence-electron chi connectivity index (χ1n) is 5.80. The van der Waals surface area contributed by atoms with Gasteiger partial charge in [-0.25, -0.2) is 0 Å². The van der Waals surface area contributed by atoms with Crippen LogP contribution < -0.4 is 5.32 Å². The van der Waals surface area contributed by atoms with Crippen LogP contribution in [0.5, 0.6) is 0 Å². The fourth-order valence-electron chi connectivity index (χ4n) is 2.59. The zero-order valence-corrected chi connectivity index (χ0v) is 8.87. The van der Waals surface area contributed by atoms with E-state index in [1.165, 1.54) is 43.4 Å². The van der Waals surface area contributed by atoms with Crippen molar-refractivity contribution in [1.82, 2.24) is 0 Å². The lowest BCUT2D eigenvalue weighted by atomic mass is 9.88. The van der Waals surface area contributed by atoms with Gasteiger partial charge in [-0.05, 0) is 31.7 Å². The first kappa shape index (κ1) is 8.96. The molecule has 1 heterocycles. The molecule has 0 atom stereocenters. The minimum absolute atomic E-state index is 0.0204. The molecule has 0 unspecified atom stereocenters. The molecule has 1 aliphatic heterocycles. The molecule has 2 heteroatoms. The van der Waals surface area contributed by atoms with E-state index in [4.69, 9.17) is 4.99 Å². The number of aliphatic imine (C=N–C) groups is 1. The van der Waals surface area contributed by atoms with Crippen molar-refractivity contribution in [2.75, 3.05) is 5.32 Å². The highest BCUT2D eigenvalue weighted by atomic mass is 15.2. The van der Waals surface area contributed by atoms with Gasteiger partial charge in [-0.3, -0.25) is 4.99 Å². The summed E-state index contributed by atoms with van der Waals surface area (Å²) < 4.78 is 0. The minimum atomic E-state index is 0.0204. The third-order valence-corrected chi connectivity index (χ3v) is 3.46. The summed E-state index contributed by atoms with van der Waals surface area (Å²) in [7, 11) is 0. The molecular formula is C13H16N2. The second kappa shape index (κ2) is 3.37. The van der Waals surface area contributed by atoms with E-state index in [2.05, 4.69) is 29.6 Å². The number of fused-ring (bicyclic) bond motifs is 1. The quantitative estimate of drug-likeness (QED) is 0.683. The number of rotatable bonds is 0. The van der Waals surface area contributed by atoms with Gasteiger partial charge < -0.3 is 5.32 Å². The zero-order chi connectivity index (χ0) is 10.1. The fourth-order valence-corrected chi connectivity index (χ4v) is 2.59. The van der Waals surface area contributed by atoms with Crippen molar-refractivity contribution in [2.45, 2.75) is 37.8 Å². The van der Waals surface area contributed by atoms with Gasteiger partial charge in [0.2, 0.25) is 0 Å². The number of nitrogens with zero attached hydrogens (tertiary/aromatic N) is 1. The standard InChI is InChI=1S/C13H16N2/c1-4-8-13(9-5-1)14-10-11-6-2-3-7-12(11)15-13/h2-3,6-7,10,15H,1,4-5,8-9H2. The molecule has 0 aromatic heterocycles. The Labute approximate surface area is 90.4 Å². The first-order valence-corrected chi connectivity index (χ1v) is 5.80. The van der Waals surface area contributed by atoms with Gasteiger partial charge in [-0.2, -0.15) is 0 Å². The molecule has 0 bridgehead atoms. The molecule has 0 radical (unpaired) electrons. The maximum atomic E-state index is 4.73. The topological polar surface area (TPSA) is 24.4 Å². The lowest BCUT2D eigenvalue weighted by Gasteiger charge is -2.38. The molecule has 1 aromatic rings. The molecule has 0 saturated heterocycles. The predicted molar refractivity (Wildman–Crippen MR) is 63.5 cm³/mol. The largest absolute Gasteiger partial charge is 0.361 e. The Hall–Kier alpha value is -1.31. The SMILES string of the molecule is C1=NC2(CCCCC2)Nc2ccccc21. The van der Waals surface area contributed by atoms with Crippen LogP contribution in [0.4, 0.5) is 5.69 Å². The first-order chi connectivity index (χ1) is 7.38. The molecule has 3 rings (SSSR count).